The van der Waals surface area contributed by atoms with Crippen molar-refractivity contribution in [3.8, 4) is 0 Å². The third-order valence-corrected chi connectivity index (χ3v) is 1.73. The van der Waals surface area contributed by atoms with Crippen molar-refractivity contribution in [1.82, 2.24) is 0 Å². The molecule has 0 radical (unpaired) electrons. The molecule has 0 aromatic carbocycles. The van der Waals surface area contributed by atoms with Crippen molar-refractivity contribution in [2.24, 2.45) is 0 Å². The largest absolute Gasteiger partial charge is 0.381 e. The Hall–Kier alpha value is -0.410. The second-order valence-electron chi connectivity index (χ2n) is 3.69. The maximum absolute atomic E-state index is 10.6. The molecule has 14 heavy (non-hydrogen) atoms. The first-order chi connectivity index (χ1) is 6.63. The zero-order valence-corrected chi connectivity index (χ0v) is 9.54. The monoisotopic (exact) mass is 202 g/mol. The zero-order valence-electron chi connectivity index (χ0n) is 9.54. The lowest BCUT2D eigenvalue weighted by atomic mass is 10.3. The van der Waals surface area contributed by atoms with Gasteiger partial charge in [0.05, 0.1) is 12.7 Å². The quantitative estimate of drug-likeness (QED) is 0.538. The number of carbonyl (C=O) groups is 1. The smallest absolute Gasteiger partial charge is 0.132 e. The highest BCUT2D eigenvalue weighted by molar-refractivity contribution is 5.75. The molecule has 0 saturated heterocycles. The van der Waals surface area contributed by atoms with E-state index in [1.165, 1.54) is 0 Å². The predicted molar refractivity (Wildman–Crippen MR) is 56.4 cm³/mol. The number of ether oxygens (including phenoxy) is 2. The molecule has 0 unspecified atom stereocenters. The number of carbonyl (C=O) groups excluding carboxylic acids is 1. The Labute approximate surface area is 86.8 Å². The van der Waals surface area contributed by atoms with Crippen molar-refractivity contribution in [2.75, 3.05) is 19.8 Å². The first kappa shape index (κ1) is 13.6. The van der Waals surface area contributed by atoms with E-state index < -0.39 is 0 Å². The molecule has 0 spiro atoms. The predicted octanol–water partition coefficient (Wildman–Crippen LogP) is 2.19. The molecule has 3 nitrogen and oxygen atoms in total. The molecule has 0 N–H and O–H groups in total. The van der Waals surface area contributed by atoms with E-state index in [0.717, 1.165) is 26.1 Å². The van der Waals surface area contributed by atoms with Gasteiger partial charge < -0.3 is 9.47 Å². The molecule has 0 rings (SSSR count). The van der Waals surface area contributed by atoms with Crippen LogP contribution < -0.4 is 0 Å². The van der Waals surface area contributed by atoms with Crippen LogP contribution in [0.3, 0.4) is 0 Å². The minimum atomic E-state index is 0.188. The van der Waals surface area contributed by atoms with E-state index in [2.05, 4.69) is 0 Å². The van der Waals surface area contributed by atoms with Crippen LogP contribution in [-0.4, -0.2) is 31.7 Å². The summed E-state index contributed by atoms with van der Waals surface area (Å²) in [5, 5.41) is 0. The molecule has 0 saturated carbocycles. The fraction of sp³-hybridized carbons (Fsp3) is 0.909. The molecule has 0 aliphatic heterocycles. The fourth-order valence-corrected chi connectivity index (χ4v) is 0.943. The normalized spacial score (nSPS) is 10.9. The second-order valence-corrected chi connectivity index (χ2v) is 3.69. The molecular weight excluding hydrogens is 180 g/mol. The molecule has 0 heterocycles. The molecule has 0 atom stereocenters. The van der Waals surface area contributed by atoms with Gasteiger partial charge in [-0.15, -0.1) is 0 Å². The summed E-state index contributed by atoms with van der Waals surface area (Å²) >= 11 is 0. The van der Waals surface area contributed by atoms with E-state index in [1.54, 1.807) is 6.92 Å². The summed E-state index contributed by atoms with van der Waals surface area (Å²) in [7, 11) is 0. The maximum atomic E-state index is 10.6. The van der Waals surface area contributed by atoms with Crippen LogP contribution in [0.4, 0.5) is 0 Å². The lowest BCUT2D eigenvalue weighted by Gasteiger charge is -2.07. The van der Waals surface area contributed by atoms with E-state index in [4.69, 9.17) is 9.47 Å². The first-order valence-electron chi connectivity index (χ1n) is 5.31. The topological polar surface area (TPSA) is 35.5 Å². The summed E-state index contributed by atoms with van der Waals surface area (Å²) in [6, 6.07) is 0. The molecule has 0 aliphatic carbocycles. The third-order valence-electron chi connectivity index (χ3n) is 1.73. The summed E-state index contributed by atoms with van der Waals surface area (Å²) in [6.07, 6.45) is 2.87. The summed E-state index contributed by atoms with van der Waals surface area (Å²) in [5.41, 5.74) is 0. The fourth-order valence-electron chi connectivity index (χ4n) is 0.943. The Bertz CT molecular complexity index is 143. The zero-order chi connectivity index (χ0) is 10.8. The van der Waals surface area contributed by atoms with Crippen molar-refractivity contribution in [3.63, 3.8) is 0 Å². The SMILES string of the molecule is CC(=O)CCOCCCCOC(C)C. The van der Waals surface area contributed by atoms with Crippen molar-refractivity contribution < 1.29 is 14.3 Å². The molecule has 0 aromatic rings. The van der Waals surface area contributed by atoms with Crippen LogP contribution in [0.5, 0.6) is 0 Å². The number of hydrogen-bond acceptors (Lipinski definition) is 3. The molecule has 0 aromatic heterocycles. The Kier molecular flexibility index (Phi) is 8.89. The van der Waals surface area contributed by atoms with Crippen molar-refractivity contribution in [2.45, 2.75) is 46.1 Å². The Morgan fingerprint density at radius 1 is 1.14 bits per heavy atom. The summed E-state index contributed by atoms with van der Waals surface area (Å²) in [4.78, 5) is 10.6. The van der Waals surface area contributed by atoms with Crippen molar-refractivity contribution in [3.05, 3.63) is 0 Å². The Morgan fingerprint density at radius 2 is 1.79 bits per heavy atom. The van der Waals surface area contributed by atoms with Crippen LogP contribution in [0.15, 0.2) is 0 Å². The van der Waals surface area contributed by atoms with Gasteiger partial charge in [0.25, 0.3) is 0 Å². The van der Waals surface area contributed by atoms with E-state index >= 15 is 0 Å². The minimum Gasteiger partial charge on any atom is -0.381 e. The Morgan fingerprint density at radius 3 is 2.36 bits per heavy atom. The van der Waals surface area contributed by atoms with Crippen LogP contribution in [0.2, 0.25) is 0 Å². The molecule has 3 heteroatoms. The van der Waals surface area contributed by atoms with Gasteiger partial charge in [0.1, 0.15) is 5.78 Å². The van der Waals surface area contributed by atoms with Crippen LogP contribution in [-0.2, 0) is 14.3 Å². The van der Waals surface area contributed by atoms with Gasteiger partial charge >= 0.3 is 0 Å². The minimum absolute atomic E-state index is 0.188. The molecule has 0 fully saturated rings. The first-order valence-corrected chi connectivity index (χ1v) is 5.31. The molecular formula is C11H22O3. The molecule has 84 valence electrons. The average molecular weight is 202 g/mol. The number of ketones is 1. The lowest BCUT2D eigenvalue weighted by Crippen LogP contribution is -2.06. The summed E-state index contributed by atoms with van der Waals surface area (Å²) in [6.45, 7) is 7.73. The van der Waals surface area contributed by atoms with Gasteiger partial charge in [-0.3, -0.25) is 4.79 Å². The summed E-state index contributed by atoms with van der Waals surface area (Å²) < 4.78 is 10.7. The number of hydrogen-bond donors (Lipinski definition) is 0. The highest BCUT2D eigenvalue weighted by atomic mass is 16.5. The lowest BCUT2D eigenvalue weighted by molar-refractivity contribution is -0.118. The van der Waals surface area contributed by atoms with Crippen LogP contribution >= 0.6 is 0 Å². The van der Waals surface area contributed by atoms with Gasteiger partial charge in [0.2, 0.25) is 0 Å². The van der Waals surface area contributed by atoms with Crippen LogP contribution in [0.1, 0.15) is 40.0 Å². The van der Waals surface area contributed by atoms with Gasteiger partial charge in [-0.2, -0.15) is 0 Å². The van der Waals surface area contributed by atoms with E-state index in [1.807, 2.05) is 13.8 Å². The second kappa shape index (κ2) is 9.16. The van der Waals surface area contributed by atoms with Gasteiger partial charge in [-0.1, -0.05) is 0 Å². The Balaban J connectivity index is 2.96. The standard InChI is InChI=1S/C11H22O3/c1-10(2)14-8-5-4-7-13-9-6-11(3)12/h10H,4-9H2,1-3H3. The third kappa shape index (κ3) is 11.6. The van der Waals surface area contributed by atoms with E-state index in [0.29, 0.717) is 19.1 Å². The number of rotatable bonds is 9. The van der Waals surface area contributed by atoms with E-state index in [9.17, 15) is 4.79 Å². The molecule has 0 aliphatic rings. The van der Waals surface area contributed by atoms with Crippen LogP contribution in [0, 0.1) is 0 Å². The molecule has 0 bridgehead atoms. The van der Waals surface area contributed by atoms with Gasteiger partial charge in [0.15, 0.2) is 0 Å². The number of Topliss-reactive ketones (excluding diaryl/α,β-unsaturated/α-hetero) is 1. The van der Waals surface area contributed by atoms with Crippen molar-refractivity contribution >= 4 is 5.78 Å². The highest BCUT2D eigenvalue weighted by Crippen LogP contribution is 1.95. The summed E-state index contributed by atoms with van der Waals surface area (Å²) in [5.74, 6) is 0.188. The number of unbranched alkanes of at least 4 members (excludes halogenated alkanes) is 1. The van der Waals surface area contributed by atoms with Gasteiger partial charge in [-0.05, 0) is 33.6 Å². The average Bonchev–Trinajstić information content (AvgIpc) is 2.08. The van der Waals surface area contributed by atoms with Gasteiger partial charge in [0, 0.05) is 19.6 Å². The highest BCUT2D eigenvalue weighted by Gasteiger charge is 1.95. The molecule has 0 amide bonds. The van der Waals surface area contributed by atoms with E-state index in [-0.39, 0.29) is 5.78 Å². The van der Waals surface area contributed by atoms with Crippen molar-refractivity contribution in [1.29, 1.82) is 0 Å². The maximum Gasteiger partial charge on any atom is 0.132 e. The van der Waals surface area contributed by atoms with Crippen LogP contribution in [0.25, 0.3) is 0 Å². The van der Waals surface area contributed by atoms with Gasteiger partial charge in [-0.25, -0.2) is 0 Å².